The van der Waals surface area contributed by atoms with Crippen LogP contribution < -0.4 is 0 Å². The molecular formula is C30H34N2O5. The van der Waals surface area contributed by atoms with Gasteiger partial charge in [0.1, 0.15) is 12.8 Å². The summed E-state index contributed by atoms with van der Waals surface area (Å²) in [6.45, 7) is 4.26. The molecule has 3 aromatic rings. The second-order valence-electron chi connectivity index (χ2n) is 8.50. The highest BCUT2D eigenvalue weighted by Crippen LogP contribution is 2.28. The first kappa shape index (κ1) is 27.6. The Balaban J connectivity index is 1.51. The summed E-state index contributed by atoms with van der Waals surface area (Å²) in [6, 6.07) is 16.6. The fraction of sp³-hybridized carbons (Fsp3) is 0.400. The van der Waals surface area contributed by atoms with Crippen LogP contribution in [0.3, 0.4) is 0 Å². The van der Waals surface area contributed by atoms with Crippen LogP contribution in [-0.4, -0.2) is 52.6 Å². The van der Waals surface area contributed by atoms with Gasteiger partial charge in [0.05, 0.1) is 19.8 Å². The van der Waals surface area contributed by atoms with Gasteiger partial charge < -0.3 is 19.1 Å². The van der Waals surface area contributed by atoms with E-state index < -0.39 is 18.3 Å². The second kappa shape index (κ2) is 14.6. The van der Waals surface area contributed by atoms with Crippen molar-refractivity contribution in [3.63, 3.8) is 0 Å². The van der Waals surface area contributed by atoms with Gasteiger partial charge in [-0.3, -0.25) is 9.69 Å². The molecule has 1 atom stereocenters. The first-order valence-corrected chi connectivity index (χ1v) is 12.8. The molecule has 0 aliphatic heterocycles. The minimum Gasteiger partial charge on any atom is -0.464 e. The molecule has 37 heavy (non-hydrogen) atoms. The van der Waals surface area contributed by atoms with Crippen molar-refractivity contribution >= 4 is 33.9 Å². The highest BCUT2D eigenvalue weighted by molar-refractivity contribution is 6.08. The molecule has 0 saturated carbocycles. The van der Waals surface area contributed by atoms with Gasteiger partial charge in [0.2, 0.25) is 0 Å². The topological polar surface area (TPSA) is 81.0 Å². The molecule has 194 valence electrons. The molecule has 0 bridgehead atoms. The Morgan fingerprint density at radius 1 is 0.946 bits per heavy atom. The molecule has 1 aromatic heterocycles. The van der Waals surface area contributed by atoms with Crippen LogP contribution in [0.2, 0.25) is 0 Å². The molecular weight excluding hydrogens is 468 g/mol. The van der Waals surface area contributed by atoms with E-state index in [-0.39, 0.29) is 26.2 Å². The number of aromatic nitrogens is 1. The number of ether oxygens (including phenoxy) is 2. The third kappa shape index (κ3) is 7.77. The molecule has 7 nitrogen and oxygen atoms in total. The van der Waals surface area contributed by atoms with Gasteiger partial charge >= 0.3 is 12.1 Å². The van der Waals surface area contributed by atoms with Gasteiger partial charge in [-0.15, -0.1) is 0 Å². The van der Waals surface area contributed by atoms with Gasteiger partial charge in [0.15, 0.2) is 0 Å². The van der Waals surface area contributed by atoms with Crippen molar-refractivity contribution in [2.24, 2.45) is 0 Å². The van der Waals surface area contributed by atoms with E-state index in [0.717, 1.165) is 28.8 Å². The number of hydrogen-bond acceptors (Lipinski definition) is 5. The van der Waals surface area contributed by atoms with Crippen LogP contribution in [0.4, 0.5) is 4.79 Å². The lowest BCUT2D eigenvalue weighted by molar-refractivity contribution is -0.147. The zero-order valence-electron chi connectivity index (χ0n) is 21.5. The lowest BCUT2D eigenvalue weighted by atomic mass is 10.2. The first-order chi connectivity index (χ1) is 18.1. The third-order valence-electron chi connectivity index (χ3n) is 5.84. The van der Waals surface area contributed by atoms with Gasteiger partial charge in [-0.2, -0.15) is 0 Å². The maximum atomic E-state index is 12.2. The van der Waals surface area contributed by atoms with Gasteiger partial charge in [0.25, 0.3) is 0 Å². The molecule has 3 rings (SSSR count). The minimum absolute atomic E-state index is 0.145. The number of para-hydroxylation sites is 2. The van der Waals surface area contributed by atoms with Gasteiger partial charge in [0, 0.05) is 28.2 Å². The number of carbonyl (C=O) groups excluding carboxylic acids is 2. The van der Waals surface area contributed by atoms with E-state index in [1.165, 1.54) is 10.8 Å². The maximum absolute atomic E-state index is 12.2. The van der Waals surface area contributed by atoms with Gasteiger partial charge in [-0.1, -0.05) is 61.6 Å². The average Bonchev–Trinajstić information content (AvgIpc) is 3.22. The number of rotatable bonds is 11. The number of aliphatic hydroxyl groups is 1. The number of fused-ring (bicyclic) bond motifs is 3. The first-order valence-electron chi connectivity index (χ1n) is 12.8. The molecule has 0 radical (unpaired) electrons. The maximum Gasteiger partial charge on any atom is 0.412 e. The van der Waals surface area contributed by atoms with E-state index in [9.17, 15) is 14.7 Å². The van der Waals surface area contributed by atoms with Crippen molar-refractivity contribution in [3.05, 3.63) is 48.5 Å². The van der Waals surface area contributed by atoms with Crippen molar-refractivity contribution in [1.82, 2.24) is 9.47 Å². The van der Waals surface area contributed by atoms with Crippen molar-refractivity contribution in [2.75, 3.05) is 19.8 Å². The Kier molecular flexibility index (Phi) is 10.9. The van der Waals surface area contributed by atoms with Crippen LogP contribution in [0, 0.1) is 23.7 Å². The standard InChI is InChI=1S/C30H34N2O5/c1-3-5-22-37-29(34)23-32(30(35)36-4-2)28(33)20-10-8-6-7-9-15-21-31-26-18-13-11-16-24(26)25-17-12-14-19-27(25)31/h11-14,16-19,28,33H,3-5,8,10,20-23H2,1-2H3. The molecule has 2 aromatic carbocycles. The molecule has 7 heteroatoms. The van der Waals surface area contributed by atoms with E-state index in [1.807, 2.05) is 31.2 Å². The molecule has 0 saturated heterocycles. The average molecular weight is 503 g/mol. The van der Waals surface area contributed by atoms with Crippen LogP contribution in [0.15, 0.2) is 48.5 Å². The predicted octanol–water partition coefficient (Wildman–Crippen LogP) is 5.09. The van der Waals surface area contributed by atoms with Crippen LogP contribution >= 0.6 is 0 Å². The molecule has 1 unspecified atom stereocenters. The number of amides is 1. The Morgan fingerprint density at radius 2 is 1.59 bits per heavy atom. The zero-order chi connectivity index (χ0) is 26.5. The summed E-state index contributed by atoms with van der Waals surface area (Å²) in [5.74, 6) is 11.3. The number of hydrogen-bond donors (Lipinski definition) is 1. The number of unbranched alkanes of at least 4 members (excludes halogenated alkanes) is 2. The van der Waals surface area contributed by atoms with Gasteiger partial charge in [-0.05, 0) is 50.2 Å². The lowest BCUT2D eigenvalue weighted by Gasteiger charge is -2.26. The summed E-state index contributed by atoms with van der Waals surface area (Å²) < 4.78 is 12.3. The second-order valence-corrected chi connectivity index (χ2v) is 8.50. The van der Waals surface area contributed by atoms with Crippen LogP contribution in [-0.2, 0) is 20.8 Å². The van der Waals surface area contributed by atoms with Crippen molar-refractivity contribution < 1.29 is 24.2 Å². The number of aliphatic hydroxyl groups excluding tert-OH is 1. The summed E-state index contributed by atoms with van der Waals surface area (Å²) >= 11 is 0. The Hall–Kier alpha value is -3.94. The van der Waals surface area contributed by atoms with Gasteiger partial charge in [-0.25, -0.2) is 4.79 Å². The molecule has 0 spiro atoms. The molecule has 1 heterocycles. The van der Waals surface area contributed by atoms with Crippen molar-refractivity contribution in [2.45, 2.75) is 58.7 Å². The predicted molar refractivity (Wildman–Crippen MR) is 144 cm³/mol. The minimum atomic E-state index is -1.17. The van der Waals surface area contributed by atoms with Crippen molar-refractivity contribution in [3.8, 4) is 23.7 Å². The molecule has 0 fully saturated rings. The summed E-state index contributed by atoms with van der Waals surface area (Å²) in [5, 5.41) is 12.9. The monoisotopic (exact) mass is 502 g/mol. The van der Waals surface area contributed by atoms with E-state index in [4.69, 9.17) is 9.47 Å². The molecule has 1 N–H and O–H groups in total. The summed E-state index contributed by atoms with van der Waals surface area (Å²) in [6.07, 6.45) is 1.01. The van der Waals surface area contributed by atoms with Crippen LogP contribution in [0.25, 0.3) is 21.8 Å². The Bertz CT molecular complexity index is 1270. The smallest absolute Gasteiger partial charge is 0.412 e. The fourth-order valence-corrected chi connectivity index (χ4v) is 3.99. The van der Waals surface area contributed by atoms with E-state index in [1.54, 1.807) is 6.92 Å². The highest BCUT2D eigenvalue weighted by atomic mass is 16.6. The largest absolute Gasteiger partial charge is 0.464 e. The van der Waals surface area contributed by atoms with Crippen molar-refractivity contribution in [1.29, 1.82) is 0 Å². The number of benzene rings is 2. The molecule has 0 aliphatic rings. The summed E-state index contributed by atoms with van der Waals surface area (Å²) in [7, 11) is 0. The van der Waals surface area contributed by atoms with Crippen LogP contribution in [0.1, 0.15) is 46.0 Å². The molecule has 0 aliphatic carbocycles. The van der Waals surface area contributed by atoms with Crippen LogP contribution in [0.5, 0.6) is 0 Å². The Morgan fingerprint density at radius 3 is 2.24 bits per heavy atom. The Labute approximate surface area is 218 Å². The summed E-state index contributed by atoms with van der Waals surface area (Å²) in [4.78, 5) is 25.2. The normalized spacial score (nSPS) is 11.2. The number of nitrogens with zero attached hydrogens (tertiary/aromatic N) is 2. The number of esters is 1. The van der Waals surface area contributed by atoms with E-state index >= 15 is 0 Å². The zero-order valence-corrected chi connectivity index (χ0v) is 21.5. The molecule has 1 amide bonds. The number of carbonyl (C=O) groups is 2. The van der Waals surface area contributed by atoms with E-state index in [2.05, 4.69) is 52.5 Å². The third-order valence-corrected chi connectivity index (χ3v) is 5.84. The quantitative estimate of drug-likeness (QED) is 0.171. The SMILES string of the molecule is CCCCOC(=O)CN(C(=O)OCC)C(O)CCCC#CC#CCn1c2ccccc2c2ccccc21. The fourth-order valence-electron chi connectivity index (χ4n) is 3.99. The van der Waals surface area contributed by atoms with E-state index in [0.29, 0.717) is 19.4 Å². The lowest BCUT2D eigenvalue weighted by Crippen LogP contribution is -2.44. The summed E-state index contributed by atoms with van der Waals surface area (Å²) in [5.41, 5.74) is 2.28. The highest BCUT2D eigenvalue weighted by Gasteiger charge is 2.25.